The number of hydrogen-bond acceptors (Lipinski definition) is 2. The zero-order valence-corrected chi connectivity index (χ0v) is 6.42. The molecule has 1 aliphatic rings. The topological polar surface area (TPSA) is 46.3 Å². The summed E-state index contributed by atoms with van der Waals surface area (Å²) in [7, 11) is 0. The molecule has 1 heterocycles. The fourth-order valence-corrected chi connectivity index (χ4v) is 1.15. The minimum Gasteiger partial charge on any atom is -0.342 e. The fraction of sp³-hybridized carbons (Fsp3) is 0.857. The monoisotopic (exact) mass is 160 g/mol. The van der Waals surface area contributed by atoms with Crippen molar-refractivity contribution < 1.29 is 9.18 Å². The van der Waals surface area contributed by atoms with Crippen LogP contribution in [0.5, 0.6) is 0 Å². The molecule has 0 saturated carbocycles. The summed E-state index contributed by atoms with van der Waals surface area (Å²) in [5.41, 5.74) is 5.19. The highest BCUT2D eigenvalue weighted by Crippen LogP contribution is 2.16. The largest absolute Gasteiger partial charge is 0.342 e. The summed E-state index contributed by atoms with van der Waals surface area (Å²) >= 11 is 0. The van der Waals surface area contributed by atoms with E-state index in [0.29, 0.717) is 26.1 Å². The van der Waals surface area contributed by atoms with E-state index < -0.39 is 0 Å². The van der Waals surface area contributed by atoms with Crippen LogP contribution < -0.4 is 5.73 Å². The zero-order valence-electron chi connectivity index (χ0n) is 6.42. The Kier molecular flexibility index (Phi) is 2.82. The second-order valence-electron chi connectivity index (χ2n) is 2.86. The van der Waals surface area contributed by atoms with E-state index in [9.17, 15) is 9.18 Å². The predicted molar refractivity (Wildman–Crippen MR) is 39.7 cm³/mol. The fourth-order valence-electron chi connectivity index (χ4n) is 1.15. The average molecular weight is 160 g/mol. The number of likely N-dealkylation sites (tertiary alicyclic amines) is 1. The number of carbonyl (C=O) groups is 1. The van der Waals surface area contributed by atoms with Gasteiger partial charge in [-0.1, -0.05) is 0 Å². The number of amides is 1. The lowest BCUT2D eigenvalue weighted by Gasteiger charge is -2.37. The SMILES string of the molecule is NCCC(=O)N1CC(CF)C1. The minimum atomic E-state index is -0.313. The van der Waals surface area contributed by atoms with Gasteiger partial charge in [0.1, 0.15) is 0 Å². The van der Waals surface area contributed by atoms with Gasteiger partial charge in [0.25, 0.3) is 0 Å². The summed E-state index contributed by atoms with van der Waals surface area (Å²) in [5.74, 6) is 0.133. The molecule has 0 aromatic carbocycles. The first-order valence-electron chi connectivity index (χ1n) is 3.81. The van der Waals surface area contributed by atoms with Crippen molar-refractivity contribution in [2.75, 3.05) is 26.3 Å². The van der Waals surface area contributed by atoms with Crippen LogP contribution in [-0.2, 0) is 4.79 Å². The summed E-state index contributed by atoms with van der Waals surface area (Å²) in [6.45, 7) is 1.23. The van der Waals surface area contributed by atoms with Crippen molar-refractivity contribution in [1.82, 2.24) is 4.90 Å². The Morgan fingerprint density at radius 2 is 2.27 bits per heavy atom. The van der Waals surface area contributed by atoms with Gasteiger partial charge in [-0.05, 0) is 0 Å². The third kappa shape index (κ3) is 1.89. The van der Waals surface area contributed by atoms with E-state index in [4.69, 9.17) is 5.73 Å². The van der Waals surface area contributed by atoms with Crippen LogP contribution >= 0.6 is 0 Å². The molecular weight excluding hydrogens is 147 g/mol. The lowest BCUT2D eigenvalue weighted by atomic mass is 10.0. The van der Waals surface area contributed by atoms with E-state index >= 15 is 0 Å². The molecule has 1 saturated heterocycles. The van der Waals surface area contributed by atoms with Gasteiger partial charge in [-0.25, -0.2) is 0 Å². The highest BCUT2D eigenvalue weighted by atomic mass is 19.1. The van der Waals surface area contributed by atoms with Gasteiger partial charge >= 0.3 is 0 Å². The van der Waals surface area contributed by atoms with Gasteiger partial charge in [-0.15, -0.1) is 0 Å². The first-order valence-corrected chi connectivity index (χ1v) is 3.81. The number of halogens is 1. The lowest BCUT2D eigenvalue weighted by Crippen LogP contribution is -2.51. The van der Waals surface area contributed by atoms with Crippen molar-refractivity contribution in [2.24, 2.45) is 11.7 Å². The molecule has 1 fully saturated rings. The second-order valence-corrected chi connectivity index (χ2v) is 2.86. The summed E-state index contributed by atoms with van der Waals surface area (Å²) in [4.78, 5) is 12.7. The average Bonchev–Trinajstić information content (AvgIpc) is 1.86. The molecule has 0 aromatic heterocycles. The Morgan fingerprint density at radius 3 is 2.73 bits per heavy atom. The summed E-state index contributed by atoms with van der Waals surface area (Å²) in [6, 6.07) is 0. The molecule has 64 valence electrons. The van der Waals surface area contributed by atoms with Crippen LogP contribution in [-0.4, -0.2) is 37.1 Å². The number of hydrogen-bond donors (Lipinski definition) is 1. The van der Waals surface area contributed by atoms with E-state index in [1.807, 2.05) is 0 Å². The molecule has 0 aromatic rings. The van der Waals surface area contributed by atoms with Gasteiger partial charge in [0.2, 0.25) is 5.91 Å². The summed E-state index contributed by atoms with van der Waals surface area (Å²) in [6.07, 6.45) is 0.388. The van der Waals surface area contributed by atoms with E-state index in [0.717, 1.165) is 0 Å². The van der Waals surface area contributed by atoms with Gasteiger partial charge in [0.15, 0.2) is 0 Å². The number of nitrogens with zero attached hydrogens (tertiary/aromatic N) is 1. The highest BCUT2D eigenvalue weighted by Gasteiger charge is 2.29. The normalized spacial score (nSPS) is 18.2. The van der Waals surface area contributed by atoms with Crippen molar-refractivity contribution >= 4 is 5.91 Å². The van der Waals surface area contributed by atoms with E-state index in [-0.39, 0.29) is 18.5 Å². The van der Waals surface area contributed by atoms with E-state index in [1.165, 1.54) is 0 Å². The standard InChI is InChI=1S/C7H13FN2O/c8-3-6-4-10(5-6)7(11)1-2-9/h6H,1-5,9H2. The number of alkyl halides is 1. The van der Waals surface area contributed by atoms with E-state index in [1.54, 1.807) is 4.90 Å². The number of nitrogens with two attached hydrogens (primary N) is 1. The van der Waals surface area contributed by atoms with Crippen LogP contribution in [0.1, 0.15) is 6.42 Å². The van der Waals surface area contributed by atoms with Crippen LogP contribution in [0.3, 0.4) is 0 Å². The molecule has 1 rings (SSSR count). The molecule has 1 aliphatic heterocycles. The Balaban J connectivity index is 2.16. The van der Waals surface area contributed by atoms with Crippen molar-refractivity contribution in [3.8, 4) is 0 Å². The minimum absolute atomic E-state index is 0.0530. The van der Waals surface area contributed by atoms with Crippen LogP contribution in [0.2, 0.25) is 0 Å². The molecule has 0 unspecified atom stereocenters. The molecule has 0 radical (unpaired) electrons. The maximum Gasteiger partial charge on any atom is 0.223 e. The van der Waals surface area contributed by atoms with Crippen molar-refractivity contribution in [2.45, 2.75) is 6.42 Å². The van der Waals surface area contributed by atoms with Crippen LogP contribution in [0.4, 0.5) is 4.39 Å². The van der Waals surface area contributed by atoms with Gasteiger partial charge in [0, 0.05) is 32.0 Å². The first-order chi connectivity index (χ1) is 5.27. The summed E-state index contributed by atoms with van der Waals surface area (Å²) in [5, 5.41) is 0. The van der Waals surface area contributed by atoms with Crippen LogP contribution in [0, 0.1) is 5.92 Å². The molecule has 1 amide bonds. The van der Waals surface area contributed by atoms with Crippen molar-refractivity contribution in [3.05, 3.63) is 0 Å². The zero-order chi connectivity index (χ0) is 8.27. The third-order valence-electron chi connectivity index (χ3n) is 1.89. The number of rotatable bonds is 3. The first kappa shape index (κ1) is 8.46. The molecule has 3 nitrogen and oxygen atoms in total. The molecule has 0 bridgehead atoms. The Labute approximate surface area is 65.3 Å². The highest BCUT2D eigenvalue weighted by molar-refractivity contribution is 5.77. The number of carbonyl (C=O) groups excluding carboxylic acids is 1. The van der Waals surface area contributed by atoms with Crippen molar-refractivity contribution in [3.63, 3.8) is 0 Å². The second kappa shape index (κ2) is 3.67. The summed E-state index contributed by atoms with van der Waals surface area (Å²) < 4.78 is 11.9. The Hall–Kier alpha value is -0.640. The lowest BCUT2D eigenvalue weighted by molar-refractivity contribution is -0.137. The molecule has 0 spiro atoms. The Morgan fingerprint density at radius 1 is 1.64 bits per heavy atom. The maximum atomic E-state index is 11.9. The van der Waals surface area contributed by atoms with Crippen LogP contribution in [0.25, 0.3) is 0 Å². The molecule has 0 aliphatic carbocycles. The van der Waals surface area contributed by atoms with Crippen LogP contribution in [0.15, 0.2) is 0 Å². The molecular formula is C7H13FN2O. The smallest absolute Gasteiger partial charge is 0.223 e. The predicted octanol–water partition coefficient (Wildman–Crippen LogP) is -0.237. The van der Waals surface area contributed by atoms with Gasteiger partial charge in [0.05, 0.1) is 6.67 Å². The van der Waals surface area contributed by atoms with E-state index in [2.05, 4.69) is 0 Å². The maximum absolute atomic E-state index is 11.9. The van der Waals surface area contributed by atoms with Gasteiger partial charge in [-0.3, -0.25) is 9.18 Å². The van der Waals surface area contributed by atoms with Gasteiger partial charge < -0.3 is 10.6 Å². The molecule has 4 heteroatoms. The molecule has 11 heavy (non-hydrogen) atoms. The Bertz CT molecular complexity index is 145. The van der Waals surface area contributed by atoms with Crippen molar-refractivity contribution in [1.29, 1.82) is 0 Å². The molecule has 0 atom stereocenters. The van der Waals surface area contributed by atoms with Gasteiger partial charge in [-0.2, -0.15) is 0 Å². The molecule has 2 N–H and O–H groups in total. The quantitative estimate of drug-likeness (QED) is 0.619. The third-order valence-corrected chi connectivity index (χ3v) is 1.89.